The lowest BCUT2D eigenvalue weighted by atomic mass is 9.94. The van der Waals surface area contributed by atoms with E-state index in [4.69, 9.17) is 9.63 Å². The van der Waals surface area contributed by atoms with Crippen LogP contribution in [0.25, 0.3) is 22.8 Å². The number of rotatable bonds is 5. The zero-order valence-corrected chi connectivity index (χ0v) is 15.5. The van der Waals surface area contributed by atoms with Crippen LogP contribution >= 0.6 is 0 Å². The highest BCUT2D eigenvalue weighted by Gasteiger charge is 2.20. The molecule has 0 aliphatic carbocycles. The molecule has 0 radical (unpaired) electrons. The second kappa shape index (κ2) is 7.88. The fourth-order valence-corrected chi connectivity index (χ4v) is 3.61. The van der Waals surface area contributed by atoms with Crippen LogP contribution in [0.1, 0.15) is 24.8 Å². The van der Waals surface area contributed by atoms with Crippen molar-refractivity contribution in [3.63, 3.8) is 0 Å². The molecule has 2 aromatic heterocycles. The molecule has 1 saturated heterocycles. The lowest BCUT2D eigenvalue weighted by molar-refractivity contribution is 0.240. The number of nitrogens with zero attached hydrogens (tertiary/aromatic N) is 4. The van der Waals surface area contributed by atoms with E-state index in [1.165, 1.54) is 0 Å². The van der Waals surface area contributed by atoms with E-state index in [0.29, 0.717) is 17.6 Å². The fraction of sp³-hybridized carbons (Fsp3) is 0.381. The highest BCUT2D eigenvalue weighted by Crippen LogP contribution is 2.27. The second-order valence-corrected chi connectivity index (χ2v) is 7.09. The van der Waals surface area contributed by atoms with Gasteiger partial charge in [0.25, 0.3) is 5.89 Å². The summed E-state index contributed by atoms with van der Waals surface area (Å²) in [6.07, 6.45) is 4.91. The Morgan fingerprint density at radius 3 is 2.67 bits per heavy atom. The number of aryl methyl sites for hydroxylation is 1. The molecule has 6 nitrogen and oxygen atoms in total. The van der Waals surface area contributed by atoms with Gasteiger partial charge in [-0.05, 0) is 49.8 Å². The third kappa shape index (κ3) is 3.85. The van der Waals surface area contributed by atoms with Gasteiger partial charge in [-0.15, -0.1) is 0 Å². The van der Waals surface area contributed by atoms with Crippen molar-refractivity contribution in [3.05, 3.63) is 48.2 Å². The van der Waals surface area contributed by atoms with Gasteiger partial charge in [0, 0.05) is 31.5 Å². The SMILES string of the molecule is Cc1ccccc1-c1noc(-c2ccc(N3CCC(CCO)CC3)nc2)n1. The molecule has 0 spiro atoms. The minimum absolute atomic E-state index is 0.284. The Morgan fingerprint density at radius 2 is 1.96 bits per heavy atom. The monoisotopic (exact) mass is 364 g/mol. The Labute approximate surface area is 158 Å². The highest BCUT2D eigenvalue weighted by atomic mass is 16.5. The molecule has 140 valence electrons. The van der Waals surface area contributed by atoms with Crippen molar-refractivity contribution in [2.24, 2.45) is 5.92 Å². The van der Waals surface area contributed by atoms with Crippen LogP contribution in [-0.2, 0) is 0 Å². The summed E-state index contributed by atoms with van der Waals surface area (Å²) in [7, 11) is 0. The minimum atomic E-state index is 0.284. The smallest absolute Gasteiger partial charge is 0.259 e. The van der Waals surface area contributed by atoms with Gasteiger partial charge < -0.3 is 14.5 Å². The lowest BCUT2D eigenvalue weighted by Crippen LogP contribution is -2.34. The molecule has 0 unspecified atom stereocenters. The number of aliphatic hydroxyl groups is 1. The second-order valence-electron chi connectivity index (χ2n) is 7.09. The maximum atomic E-state index is 9.08. The zero-order chi connectivity index (χ0) is 18.6. The van der Waals surface area contributed by atoms with Crippen LogP contribution < -0.4 is 4.90 Å². The van der Waals surface area contributed by atoms with Crippen LogP contribution in [0, 0.1) is 12.8 Å². The van der Waals surface area contributed by atoms with Crippen molar-refractivity contribution in [1.82, 2.24) is 15.1 Å². The standard InChI is InChI=1S/C21H24N4O2/c1-15-4-2-3-5-18(15)20-23-21(27-24-20)17-6-7-19(22-14-17)25-11-8-16(9-12-25)10-13-26/h2-7,14,16,26H,8-13H2,1H3. The third-order valence-electron chi connectivity index (χ3n) is 5.28. The third-order valence-corrected chi connectivity index (χ3v) is 5.28. The maximum absolute atomic E-state index is 9.08. The number of hydrogen-bond donors (Lipinski definition) is 1. The summed E-state index contributed by atoms with van der Waals surface area (Å²) in [6.45, 7) is 4.28. The number of aliphatic hydroxyl groups excluding tert-OH is 1. The summed E-state index contributed by atoms with van der Waals surface area (Å²) in [5.41, 5.74) is 2.91. The van der Waals surface area contributed by atoms with Gasteiger partial charge in [-0.1, -0.05) is 29.4 Å². The molecule has 0 atom stereocenters. The topological polar surface area (TPSA) is 75.3 Å². The molecule has 1 aliphatic rings. The van der Waals surface area contributed by atoms with Gasteiger partial charge >= 0.3 is 0 Å². The molecule has 4 rings (SSSR count). The molecule has 0 saturated carbocycles. The first-order valence-electron chi connectivity index (χ1n) is 9.46. The molecular formula is C21H24N4O2. The van der Waals surface area contributed by atoms with Gasteiger partial charge in [0.1, 0.15) is 5.82 Å². The van der Waals surface area contributed by atoms with Crippen molar-refractivity contribution >= 4 is 5.82 Å². The molecule has 1 aliphatic heterocycles. The summed E-state index contributed by atoms with van der Waals surface area (Å²) >= 11 is 0. The Morgan fingerprint density at radius 1 is 1.15 bits per heavy atom. The first-order chi connectivity index (χ1) is 13.2. The molecule has 1 fully saturated rings. The van der Waals surface area contributed by atoms with Gasteiger partial charge in [-0.25, -0.2) is 4.98 Å². The first kappa shape index (κ1) is 17.7. The predicted molar refractivity (Wildman–Crippen MR) is 104 cm³/mol. The minimum Gasteiger partial charge on any atom is -0.396 e. The van der Waals surface area contributed by atoms with Crippen LogP contribution in [-0.4, -0.2) is 39.9 Å². The van der Waals surface area contributed by atoms with E-state index in [0.717, 1.165) is 54.9 Å². The van der Waals surface area contributed by atoms with Gasteiger partial charge in [-0.2, -0.15) is 4.98 Å². The van der Waals surface area contributed by atoms with Crippen LogP contribution in [0.15, 0.2) is 47.1 Å². The molecule has 0 amide bonds. The molecular weight excluding hydrogens is 340 g/mol. The normalized spacial score (nSPS) is 15.3. The van der Waals surface area contributed by atoms with E-state index in [1.54, 1.807) is 6.20 Å². The average Bonchev–Trinajstić information content (AvgIpc) is 3.19. The summed E-state index contributed by atoms with van der Waals surface area (Å²) in [6, 6.07) is 12.0. The van der Waals surface area contributed by atoms with E-state index in [2.05, 4.69) is 20.0 Å². The van der Waals surface area contributed by atoms with E-state index >= 15 is 0 Å². The number of hydrogen-bond acceptors (Lipinski definition) is 6. The predicted octanol–water partition coefficient (Wildman–Crippen LogP) is 3.71. The average molecular weight is 364 g/mol. The first-order valence-corrected chi connectivity index (χ1v) is 9.46. The molecule has 27 heavy (non-hydrogen) atoms. The number of anilines is 1. The zero-order valence-electron chi connectivity index (χ0n) is 15.5. The quantitative estimate of drug-likeness (QED) is 0.744. The van der Waals surface area contributed by atoms with Crippen molar-refractivity contribution < 1.29 is 9.63 Å². The molecule has 1 aromatic carbocycles. The van der Waals surface area contributed by atoms with Crippen molar-refractivity contribution in [1.29, 1.82) is 0 Å². The van der Waals surface area contributed by atoms with Crippen LogP contribution in [0.5, 0.6) is 0 Å². The van der Waals surface area contributed by atoms with E-state index in [1.807, 2.05) is 43.3 Å². The van der Waals surface area contributed by atoms with E-state index in [9.17, 15) is 0 Å². The van der Waals surface area contributed by atoms with Gasteiger partial charge in [0.15, 0.2) is 0 Å². The number of aromatic nitrogens is 3. The van der Waals surface area contributed by atoms with Gasteiger partial charge in [0.05, 0.1) is 5.56 Å². The Hall–Kier alpha value is -2.73. The lowest BCUT2D eigenvalue weighted by Gasteiger charge is -2.32. The largest absolute Gasteiger partial charge is 0.396 e. The van der Waals surface area contributed by atoms with E-state index < -0.39 is 0 Å². The summed E-state index contributed by atoms with van der Waals surface area (Å²) in [5.74, 6) is 2.68. The molecule has 3 aromatic rings. The Bertz CT molecular complexity index is 883. The fourth-order valence-electron chi connectivity index (χ4n) is 3.61. The molecule has 6 heteroatoms. The molecule has 0 bridgehead atoms. The van der Waals surface area contributed by atoms with Crippen molar-refractivity contribution in [2.75, 3.05) is 24.6 Å². The Balaban J connectivity index is 1.46. The van der Waals surface area contributed by atoms with Crippen LogP contribution in [0.3, 0.4) is 0 Å². The maximum Gasteiger partial charge on any atom is 0.259 e. The molecule has 1 N–H and O–H groups in total. The van der Waals surface area contributed by atoms with Crippen molar-refractivity contribution in [3.8, 4) is 22.8 Å². The summed E-state index contributed by atoms with van der Waals surface area (Å²) < 4.78 is 5.45. The summed E-state index contributed by atoms with van der Waals surface area (Å²) in [4.78, 5) is 11.4. The van der Waals surface area contributed by atoms with Gasteiger partial charge in [-0.3, -0.25) is 0 Å². The van der Waals surface area contributed by atoms with Crippen LogP contribution in [0.4, 0.5) is 5.82 Å². The van der Waals surface area contributed by atoms with Gasteiger partial charge in [0.2, 0.25) is 5.82 Å². The number of benzene rings is 1. The number of pyridine rings is 1. The Kier molecular flexibility index (Phi) is 5.16. The van der Waals surface area contributed by atoms with Crippen molar-refractivity contribution in [2.45, 2.75) is 26.2 Å². The van der Waals surface area contributed by atoms with E-state index in [-0.39, 0.29) is 6.61 Å². The number of piperidine rings is 1. The highest BCUT2D eigenvalue weighted by molar-refractivity contribution is 5.62. The van der Waals surface area contributed by atoms with Crippen LogP contribution in [0.2, 0.25) is 0 Å². The summed E-state index contributed by atoms with van der Waals surface area (Å²) in [5, 5.41) is 13.2. The molecule has 3 heterocycles.